The highest BCUT2D eigenvalue weighted by molar-refractivity contribution is 6.24. The van der Waals surface area contributed by atoms with Crippen molar-refractivity contribution in [3.8, 4) is 5.75 Å². The summed E-state index contributed by atoms with van der Waals surface area (Å²) in [6.07, 6.45) is 0. The predicted octanol–water partition coefficient (Wildman–Crippen LogP) is 1.38. The van der Waals surface area contributed by atoms with Crippen LogP contribution in [-0.2, 0) is 14.3 Å². The highest BCUT2D eigenvalue weighted by Crippen LogP contribution is 2.30. The Morgan fingerprint density at radius 2 is 1.83 bits per heavy atom. The topological polar surface area (TPSA) is 145 Å². The monoisotopic (exact) mass is 413 g/mol. The molecule has 1 heterocycles. The number of methoxy groups -OCH3 is 1. The number of amides is 3. The van der Waals surface area contributed by atoms with E-state index in [1.807, 2.05) is 0 Å². The zero-order chi connectivity index (χ0) is 21.8. The number of carbonyl (C=O) groups is 4. The number of nitro benzene ring substituents is 1. The molecule has 2 aromatic carbocycles. The Kier molecular flexibility index (Phi) is 5.72. The number of benzene rings is 2. The molecule has 3 rings (SSSR count). The normalized spacial score (nSPS) is 12.4. The largest absolute Gasteiger partial charge is 0.495 e. The molecule has 30 heavy (non-hydrogen) atoms. The van der Waals surface area contributed by atoms with Crippen LogP contribution in [0.4, 0.5) is 11.4 Å². The van der Waals surface area contributed by atoms with E-state index in [-0.39, 0.29) is 11.1 Å². The van der Waals surface area contributed by atoms with Gasteiger partial charge in [-0.3, -0.25) is 34.2 Å². The first kappa shape index (κ1) is 20.5. The number of anilines is 1. The molecule has 0 saturated carbocycles. The first-order valence-electron chi connectivity index (χ1n) is 8.55. The highest BCUT2D eigenvalue weighted by Gasteiger charge is 2.41. The number of imide groups is 1. The van der Waals surface area contributed by atoms with Crippen LogP contribution in [0.3, 0.4) is 0 Å². The molecule has 0 aromatic heterocycles. The number of fused-ring (bicyclic) bond motifs is 1. The number of ether oxygens (including phenoxy) is 2. The fourth-order valence-electron chi connectivity index (χ4n) is 2.87. The summed E-state index contributed by atoms with van der Waals surface area (Å²) in [4.78, 5) is 59.6. The second-order valence-corrected chi connectivity index (χ2v) is 6.06. The quantitative estimate of drug-likeness (QED) is 0.310. The molecule has 0 atom stereocenters. The number of esters is 1. The Morgan fingerprint density at radius 1 is 1.10 bits per heavy atom. The van der Waals surface area contributed by atoms with Gasteiger partial charge in [0.25, 0.3) is 23.4 Å². The second-order valence-electron chi connectivity index (χ2n) is 6.06. The van der Waals surface area contributed by atoms with Gasteiger partial charge in [0.15, 0.2) is 6.61 Å². The summed E-state index contributed by atoms with van der Waals surface area (Å²) >= 11 is 0. The van der Waals surface area contributed by atoms with Crippen molar-refractivity contribution in [2.45, 2.75) is 0 Å². The summed E-state index contributed by atoms with van der Waals surface area (Å²) in [6, 6.07) is 10.2. The van der Waals surface area contributed by atoms with Crippen LogP contribution in [0.1, 0.15) is 20.7 Å². The summed E-state index contributed by atoms with van der Waals surface area (Å²) in [5, 5.41) is 13.6. The number of rotatable bonds is 7. The van der Waals surface area contributed by atoms with Crippen molar-refractivity contribution in [1.29, 1.82) is 0 Å². The van der Waals surface area contributed by atoms with Gasteiger partial charge in [0.1, 0.15) is 17.9 Å². The molecule has 11 heteroatoms. The molecule has 0 radical (unpaired) electrons. The van der Waals surface area contributed by atoms with Gasteiger partial charge < -0.3 is 14.8 Å². The second kappa shape index (κ2) is 8.39. The maximum Gasteiger partial charge on any atom is 0.326 e. The molecule has 0 spiro atoms. The maximum absolute atomic E-state index is 12.4. The Balaban J connectivity index is 1.61. The molecule has 2 aromatic rings. The number of nitro groups is 1. The first-order valence-corrected chi connectivity index (χ1v) is 8.55. The van der Waals surface area contributed by atoms with Crippen LogP contribution in [0.15, 0.2) is 42.5 Å². The van der Waals surface area contributed by atoms with E-state index in [0.717, 1.165) is 6.07 Å². The van der Waals surface area contributed by atoms with Crippen LogP contribution in [0.2, 0.25) is 0 Å². The van der Waals surface area contributed by atoms with Gasteiger partial charge in [0.2, 0.25) is 0 Å². The zero-order valence-electron chi connectivity index (χ0n) is 15.6. The van der Waals surface area contributed by atoms with E-state index in [1.165, 1.54) is 19.2 Å². The summed E-state index contributed by atoms with van der Waals surface area (Å²) in [5.41, 5.74) is -0.711. The third kappa shape index (κ3) is 3.94. The third-order valence-electron chi connectivity index (χ3n) is 4.21. The SMILES string of the molecule is COc1ccccc1NC(=O)COC(=O)CN1C(=O)c2cccc([N+](=O)[O-])c2C1=O. The minimum absolute atomic E-state index is 0.170. The Bertz CT molecular complexity index is 1070. The van der Waals surface area contributed by atoms with E-state index < -0.39 is 47.5 Å². The van der Waals surface area contributed by atoms with Crippen molar-refractivity contribution in [1.82, 2.24) is 4.90 Å². The number of nitrogens with zero attached hydrogens (tertiary/aromatic N) is 2. The summed E-state index contributed by atoms with van der Waals surface area (Å²) in [5.74, 6) is -3.11. The van der Waals surface area contributed by atoms with E-state index in [0.29, 0.717) is 16.3 Å². The molecular formula is C19H15N3O8. The standard InChI is InChI=1S/C19H15N3O8/c1-29-14-8-3-2-6-12(14)20-15(23)10-30-16(24)9-21-18(25)11-5-4-7-13(22(27)28)17(11)19(21)26/h2-8H,9-10H2,1H3,(H,20,23). The highest BCUT2D eigenvalue weighted by atomic mass is 16.6. The van der Waals surface area contributed by atoms with Crippen LogP contribution in [-0.4, -0.2) is 53.8 Å². The van der Waals surface area contributed by atoms with Crippen molar-refractivity contribution in [3.63, 3.8) is 0 Å². The van der Waals surface area contributed by atoms with Crippen LogP contribution >= 0.6 is 0 Å². The maximum atomic E-state index is 12.4. The lowest BCUT2D eigenvalue weighted by Crippen LogP contribution is -2.36. The number of hydrogen-bond acceptors (Lipinski definition) is 8. The number of hydrogen-bond donors (Lipinski definition) is 1. The first-order chi connectivity index (χ1) is 14.3. The average Bonchev–Trinajstić information content (AvgIpc) is 2.97. The van der Waals surface area contributed by atoms with Crippen molar-refractivity contribution in [3.05, 3.63) is 63.7 Å². The summed E-state index contributed by atoms with van der Waals surface area (Å²) < 4.78 is 9.90. The molecule has 1 aliphatic heterocycles. The molecule has 0 fully saturated rings. The lowest BCUT2D eigenvalue weighted by molar-refractivity contribution is -0.385. The molecular weight excluding hydrogens is 398 g/mol. The van der Waals surface area contributed by atoms with Gasteiger partial charge in [-0.05, 0) is 18.2 Å². The summed E-state index contributed by atoms with van der Waals surface area (Å²) in [6.45, 7) is -1.45. The predicted molar refractivity (Wildman–Crippen MR) is 101 cm³/mol. The van der Waals surface area contributed by atoms with Crippen LogP contribution in [0.25, 0.3) is 0 Å². The van der Waals surface area contributed by atoms with E-state index in [9.17, 15) is 29.3 Å². The van der Waals surface area contributed by atoms with Crippen molar-refractivity contribution < 1.29 is 33.6 Å². The van der Waals surface area contributed by atoms with Gasteiger partial charge in [0, 0.05) is 6.07 Å². The van der Waals surface area contributed by atoms with Gasteiger partial charge in [-0.25, -0.2) is 0 Å². The minimum atomic E-state index is -1.03. The lowest BCUT2D eigenvalue weighted by atomic mass is 10.1. The molecule has 11 nitrogen and oxygen atoms in total. The molecule has 0 aliphatic carbocycles. The molecule has 154 valence electrons. The van der Waals surface area contributed by atoms with E-state index in [1.54, 1.807) is 24.3 Å². The van der Waals surface area contributed by atoms with Gasteiger partial charge >= 0.3 is 5.97 Å². The van der Waals surface area contributed by atoms with Gasteiger partial charge in [-0.2, -0.15) is 0 Å². The van der Waals surface area contributed by atoms with Crippen LogP contribution in [0, 0.1) is 10.1 Å². The van der Waals surface area contributed by atoms with Crippen molar-refractivity contribution in [2.24, 2.45) is 0 Å². The molecule has 0 unspecified atom stereocenters. The number of carbonyl (C=O) groups excluding carboxylic acids is 4. The molecule has 1 aliphatic rings. The van der Waals surface area contributed by atoms with Crippen molar-refractivity contribution in [2.75, 3.05) is 25.6 Å². The molecule has 3 amide bonds. The lowest BCUT2D eigenvalue weighted by Gasteiger charge is -2.13. The van der Waals surface area contributed by atoms with E-state index in [4.69, 9.17) is 9.47 Å². The molecule has 1 N–H and O–H groups in total. The van der Waals surface area contributed by atoms with Crippen LogP contribution < -0.4 is 10.1 Å². The molecule has 0 bridgehead atoms. The van der Waals surface area contributed by atoms with Crippen LogP contribution in [0.5, 0.6) is 5.75 Å². The molecule has 0 saturated heterocycles. The third-order valence-corrected chi connectivity index (χ3v) is 4.21. The number of nitrogens with one attached hydrogen (secondary N) is 1. The summed E-state index contributed by atoms with van der Waals surface area (Å²) in [7, 11) is 1.43. The zero-order valence-corrected chi connectivity index (χ0v) is 15.6. The fourth-order valence-corrected chi connectivity index (χ4v) is 2.87. The van der Waals surface area contributed by atoms with E-state index >= 15 is 0 Å². The smallest absolute Gasteiger partial charge is 0.326 e. The van der Waals surface area contributed by atoms with Crippen molar-refractivity contribution >= 4 is 35.1 Å². The Hall–Kier alpha value is -4.28. The fraction of sp³-hybridized carbons (Fsp3) is 0.158. The van der Waals surface area contributed by atoms with E-state index in [2.05, 4.69) is 5.32 Å². The van der Waals surface area contributed by atoms with Gasteiger partial charge in [-0.1, -0.05) is 18.2 Å². The minimum Gasteiger partial charge on any atom is -0.495 e. The Labute approximate surface area is 169 Å². The number of para-hydroxylation sites is 2. The Morgan fingerprint density at radius 3 is 2.53 bits per heavy atom. The average molecular weight is 413 g/mol. The van der Waals surface area contributed by atoms with Gasteiger partial charge in [0.05, 0.1) is 23.3 Å². The van der Waals surface area contributed by atoms with Gasteiger partial charge in [-0.15, -0.1) is 0 Å².